The highest BCUT2D eigenvalue weighted by Gasteiger charge is 2.07. The molecule has 6 heteroatoms. The van der Waals surface area contributed by atoms with E-state index in [4.69, 9.17) is 0 Å². The fraction of sp³-hybridized carbons (Fsp3) is 0.286. The molecule has 0 aliphatic carbocycles. The third-order valence-corrected chi connectivity index (χ3v) is 3.46. The maximum Gasteiger partial charge on any atom is 0.227 e. The first-order valence-electron chi connectivity index (χ1n) is 6.16. The Hall–Kier alpha value is -1.43. The summed E-state index contributed by atoms with van der Waals surface area (Å²) in [6, 6.07) is 8.19. The number of hydrogen-bond acceptors (Lipinski definition) is 4. The van der Waals surface area contributed by atoms with Gasteiger partial charge in [0.2, 0.25) is 5.91 Å². The van der Waals surface area contributed by atoms with E-state index in [2.05, 4.69) is 34.7 Å². The molecule has 1 aromatic carbocycles. The summed E-state index contributed by atoms with van der Waals surface area (Å²) in [6.07, 6.45) is 0.454. The van der Waals surface area contributed by atoms with Crippen LogP contribution in [0.2, 0.25) is 0 Å². The van der Waals surface area contributed by atoms with Crippen molar-refractivity contribution in [1.82, 2.24) is 10.3 Å². The minimum Gasteiger partial charge on any atom is -0.319 e. The molecule has 2 rings (SSSR count). The predicted octanol–water partition coefficient (Wildman–Crippen LogP) is 3.09. The van der Waals surface area contributed by atoms with Gasteiger partial charge < -0.3 is 10.6 Å². The number of aromatic nitrogens is 1. The number of anilines is 1. The van der Waals surface area contributed by atoms with Crippen molar-refractivity contribution in [3.05, 3.63) is 35.2 Å². The Morgan fingerprint density at radius 3 is 2.65 bits per heavy atom. The van der Waals surface area contributed by atoms with Crippen molar-refractivity contribution in [2.24, 2.45) is 0 Å². The summed E-state index contributed by atoms with van der Waals surface area (Å²) < 4.78 is 0. The molecule has 108 valence electrons. The molecular weight excluding hydrogens is 294 g/mol. The summed E-state index contributed by atoms with van der Waals surface area (Å²) in [7, 11) is 1.83. The first-order chi connectivity index (χ1) is 9.19. The zero-order valence-electron chi connectivity index (χ0n) is 11.5. The fourth-order valence-electron chi connectivity index (χ4n) is 1.61. The monoisotopic (exact) mass is 311 g/mol. The molecule has 1 heterocycles. The zero-order chi connectivity index (χ0) is 13.7. The lowest BCUT2D eigenvalue weighted by atomic mass is 10.1. The second kappa shape index (κ2) is 7.99. The number of rotatable bonds is 5. The molecule has 0 spiro atoms. The van der Waals surface area contributed by atoms with E-state index < -0.39 is 0 Å². The van der Waals surface area contributed by atoms with Crippen molar-refractivity contribution in [3.63, 3.8) is 0 Å². The molecule has 1 aromatic heterocycles. The Morgan fingerprint density at radius 2 is 2.00 bits per heavy atom. The van der Waals surface area contributed by atoms with E-state index in [-0.39, 0.29) is 18.3 Å². The average molecular weight is 312 g/mol. The number of carbonyl (C=O) groups excluding carboxylic acids is 1. The Labute approximate surface area is 129 Å². The van der Waals surface area contributed by atoms with E-state index in [1.165, 1.54) is 16.9 Å². The summed E-state index contributed by atoms with van der Waals surface area (Å²) >= 11 is 1.45. The number of nitrogens with one attached hydrogen (secondary N) is 2. The standard InChI is InChI=1S/C14H17N3OS.ClH/c1-10-3-5-11(6-4-10)12-9-19-14(16-12)17-13(18)7-8-15-2;/h3-6,9,15H,7-8H2,1-2H3,(H,16,17,18);1H. The van der Waals surface area contributed by atoms with E-state index in [0.29, 0.717) is 18.1 Å². The van der Waals surface area contributed by atoms with Crippen LogP contribution in [0, 0.1) is 6.92 Å². The number of thiazole rings is 1. The molecule has 0 aliphatic rings. The summed E-state index contributed by atoms with van der Waals surface area (Å²) in [5, 5.41) is 8.36. The molecule has 0 radical (unpaired) electrons. The predicted molar refractivity (Wildman–Crippen MR) is 86.7 cm³/mol. The molecule has 0 bridgehead atoms. The minimum absolute atomic E-state index is 0. The molecule has 0 saturated carbocycles. The van der Waals surface area contributed by atoms with Crippen molar-refractivity contribution >= 4 is 34.8 Å². The average Bonchev–Trinajstić information content (AvgIpc) is 2.85. The van der Waals surface area contributed by atoms with Gasteiger partial charge in [0.25, 0.3) is 0 Å². The highest BCUT2D eigenvalue weighted by atomic mass is 35.5. The summed E-state index contributed by atoms with van der Waals surface area (Å²) in [6.45, 7) is 2.72. The Bertz CT molecular complexity index is 554. The quantitative estimate of drug-likeness (QED) is 0.892. The highest BCUT2D eigenvalue weighted by molar-refractivity contribution is 7.14. The van der Waals surface area contributed by atoms with Gasteiger partial charge in [0, 0.05) is 23.9 Å². The number of amides is 1. The number of halogens is 1. The molecule has 0 fully saturated rings. The van der Waals surface area contributed by atoms with E-state index in [1.807, 2.05) is 24.6 Å². The van der Waals surface area contributed by atoms with Crippen LogP contribution in [-0.2, 0) is 4.79 Å². The van der Waals surface area contributed by atoms with E-state index in [1.54, 1.807) is 0 Å². The van der Waals surface area contributed by atoms with Gasteiger partial charge >= 0.3 is 0 Å². The van der Waals surface area contributed by atoms with Crippen LogP contribution in [0.5, 0.6) is 0 Å². The van der Waals surface area contributed by atoms with Crippen LogP contribution in [0.1, 0.15) is 12.0 Å². The number of nitrogens with zero attached hydrogens (tertiary/aromatic N) is 1. The third-order valence-electron chi connectivity index (χ3n) is 2.70. The van der Waals surface area contributed by atoms with E-state index in [0.717, 1.165) is 11.3 Å². The van der Waals surface area contributed by atoms with Gasteiger partial charge in [-0.05, 0) is 14.0 Å². The lowest BCUT2D eigenvalue weighted by Crippen LogP contribution is -2.18. The molecule has 0 atom stereocenters. The maximum absolute atomic E-state index is 11.6. The van der Waals surface area contributed by atoms with Gasteiger partial charge in [-0.25, -0.2) is 4.98 Å². The van der Waals surface area contributed by atoms with Gasteiger partial charge in [0.05, 0.1) is 5.69 Å². The van der Waals surface area contributed by atoms with Crippen LogP contribution >= 0.6 is 23.7 Å². The van der Waals surface area contributed by atoms with Gasteiger partial charge in [-0.3, -0.25) is 4.79 Å². The van der Waals surface area contributed by atoms with Crippen LogP contribution in [0.25, 0.3) is 11.3 Å². The number of benzene rings is 1. The second-order valence-corrected chi connectivity index (χ2v) is 5.16. The lowest BCUT2D eigenvalue weighted by molar-refractivity contribution is -0.116. The summed E-state index contributed by atoms with van der Waals surface area (Å²) in [4.78, 5) is 16.0. The normalized spacial score (nSPS) is 9.90. The Balaban J connectivity index is 0.00000200. The molecule has 1 amide bonds. The first-order valence-corrected chi connectivity index (χ1v) is 7.04. The minimum atomic E-state index is -0.0147. The van der Waals surface area contributed by atoms with Crippen molar-refractivity contribution < 1.29 is 4.79 Å². The number of hydrogen-bond donors (Lipinski definition) is 2. The summed E-state index contributed by atoms with van der Waals surface area (Å²) in [5.74, 6) is -0.0147. The smallest absolute Gasteiger partial charge is 0.227 e. The molecular formula is C14H18ClN3OS. The SMILES string of the molecule is CNCCC(=O)Nc1nc(-c2ccc(C)cc2)cs1.Cl. The van der Waals surface area contributed by atoms with Gasteiger partial charge in [0.15, 0.2) is 5.13 Å². The Kier molecular flexibility index (Phi) is 6.64. The van der Waals surface area contributed by atoms with Crippen molar-refractivity contribution in [2.75, 3.05) is 18.9 Å². The molecule has 0 unspecified atom stereocenters. The summed E-state index contributed by atoms with van der Waals surface area (Å²) in [5.41, 5.74) is 3.19. The van der Waals surface area contributed by atoms with Crippen LogP contribution < -0.4 is 10.6 Å². The van der Waals surface area contributed by atoms with Crippen LogP contribution in [0.4, 0.5) is 5.13 Å². The van der Waals surface area contributed by atoms with E-state index in [9.17, 15) is 4.79 Å². The maximum atomic E-state index is 11.6. The van der Waals surface area contributed by atoms with Gasteiger partial charge in [-0.15, -0.1) is 23.7 Å². The first kappa shape index (κ1) is 16.6. The van der Waals surface area contributed by atoms with Crippen molar-refractivity contribution in [1.29, 1.82) is 0 Å². The lowest BCUT2D eigenvalue weighted by Gasteiger charge is -2.00. The molecule has 0 aliphatic heterocycles. The molecule has 0 saturated heterocycles. The number of carbonyl (C=O) groups is 1. The number of aryl methyl sites for hydroxylation is 1. The van der Waals surface area contributed by atoms with Gasteiger partial charge in [0.1, 0.15) is 0 Å². The fourth-order valence-corrected chi connectivity index (χ4v) is 2.34. The Morgan fingerprint density at radius 1 is 1.30 bits per heavy atom. The van der Waals surface area contributed by atoms with Gasteiger partial charge in [-0.2, -0.15) is 0 Å². The van der Waals surface area contributed by atoms with Crippen molar-refractivity contribution in [2.45, 2.75) is 13.3 Å². The molecule has 2 N–H and O–H groups in total. The van der Waals surface area contributed by atoms with Crippen LogP contribution in [0.3, 0.4) is 0 Å². The van der Waals surface area contributed by atoms with Crippen molar-refractivity contribution in [3.8, 4) is 11.3 Å². The van der Waals surface area contributed by atoms with Crippen LogP contribution in [-0.4, -0.2) is 24.5 Å². The molecule has 4 nitrogen and oxygen atoms in total. The topological polar surface area (TPSA) is 54.0 Å². The molecule has 20 heavy (non-hydrogen) atoms. The van der Waals surface area contributed by atoms with Gasteiger partial charge in [-0.1, -0.05) is 29.8 Å². The highest BCUT2D eigenvalue weighted by Crippen LogP contribution is 2.25. The van der Waals surface area contributed by atoms with Crippen LogP contribution in [0.15, 0.2) is 29.6 Å². The second-order valence-electron chi connectivity index (χ2n) is 4.31. The largest absolute Gasteiger partial charge is 0.319 e. The zero-order valence-corrected chi connectivity index (χ0v) is 13.1. The molecule has 2 aromatic rings. The third kappa shape index (κ3) is 4.59. The van der Waals surface area contributed by atoms with E-state index >= 15 is 0 Å².